The lowest BCUT2D eigenvalue weighted by Crippen LogP contribution is -2.22. The van der Waals surface area contributed by atoms with E-state index in [2.05, 4.69) is 45.7 Å². The number of pyridine rings is 1. The van der Waals surface area contributed by atoms with Crippen molar-refractivity contribution in [1.29, 1.82) is 0 Å². The lowest BCUT2D eigenvalue weighted by molar-refractivity contribution is 0.0787. The third-order valence-corrected chi connectivity index (χ3v) is 5.46. The van der Waals surface area contributed by atoms with E-state index in [4.69, 9.17) is 4.74 Å². The minimum absolute atomic E-state index is 0.254. The molecule has 2 aromatic heterocycles. The third kappa shape index (κ3) is 5.47. The molecule has 0 aliphatic heterocycles. The molecule has 2 rings (SSSR count). The van der Waals surface area contributed by atoms with Crippen molar-refractivity contribution in [2.24, 2.45) is 0 Å². The molecule has 4 nitrogen and oxygen atoms in total. The fourth-order valence-electron chi connectivity index (χ4n) is 1.88. The van der Waals surface area contributed by atoms with E-state index in [1.165, 1.54) is 6.07 Å². The van der Waals surface area contributed by atoms with Crippen LogP contribution in [-0.2, 0) is 11.5 Å². The number of alkyl halides is 2. The first-order chi connectivity index (χ1) is 10.8. The molecular formula is C15H20BrF2N3OSi. The molecule has 0 N–H and O–H groups in total. The molecule has 0 aliphatic carbocycles. The Kier molecular flexibility index (Phi) is 6.04. The molecule has 0 saturated heterocycles. The van der Waals surface area contributed by atoms with Gasteiger partial charge in [0.25, 0.3) is 6.43 Å². The van der Waals surface area contributed by atoms with Crippen LogP contribution in [0.3, 0.4) is 0 Å². The standard InChI is InChI=1S/C15H20BrF2N3OSi/c1-23(2,3)8-7-22-10-21-9-11(16)14(20-21)12-5-4-6-13(19-12)15(17)18/h4-6,9,15H,7-8,10H2,1-3H3. The molecule has 0 spiro atoms. The van der Waals surface area contributed by atoms with Crippen LogP contribution in [0.25, 0.3) is 11.4 Å². The van der Waals surface area contributed by atoms with Crippen LogP contribution in [-0.4, -0.2) is 29.4 Å². The van der Waals surface area contributed by atoms with E-state index in [-0.39, 0.29) is 5.69 Å². The lowest BCUT2D eigenvalue weighted by atomic mass is 10.2. The second kappa shape index (κ2) is 7.63. The second-order valence-corrected chi connectivity index (χ2v) is 12.9. The molecule has 0 aromatic carbocycles. The number of hydrogen-bond acceptors (Lipinski definition) is 3. The Morgan fingerprint density at radius 3 is 2.70 bits per heavy atom. The summed E-state index contributed by atoms with van der Waals surface area (Å²) in [5.41, 5.74) is 0.687. The van der Waals surface area contributed by atoms with Gasteiger partial charge in [0.05, 0.1) is 10.2 Å². The zero-order valence-electron chi connectivity index (χ0n) is 13.4. The summed E-state index contributed by atoms with van der Waals surface area (Å²) >= 11 is 3.40. The zero-order chi connectivity index (χ0) is 17.0. The van der Waals surface area contributed by atoms with Gasteiger partial charge in [0.2, 0.25) is 0 Å². The van der Waals surface area contributed by atoms with E-state index in [0.29, 0.717) is 29.2 Å². The molecule has 0 saturated carbocycles. The zero-order valence-corrected chi connectivity index (χ0v) is 16.0. The average Bonchev–Trinajstić information content (AvgIpc) is 2.84. The van der Waals surface area contributed by atoms with Gasteiger partial charge in [-0.05, 0) is 34.1 Å². The fraction of sp³-hybridized carbons (Fsp3) is 0.467. The van der Waals surface area contributed by atoms with Gasteiger partial charge in [-0.1, -0.05) is 25.7 Å². The Morgan fingerprint density at radius 2 is 2.04 bits per heavy atom. The summed E-state index contributed by atoms with van der Waals surface area (Å²) in [5, 5.41) is 4.36. The maximum absolute atomic E-state index is 12.8. The van der Waals surface area contributed by atoms with Crippen LogP contribution in [0.15, 0.2) is 28.9 Å². The molecule has 2 aromatic rings. The first-order valence-electron chi connectivity index (χ1n) is 7.32. The molecule has 23 heavy (non-hydrogen) atoms. The van der Waals surface area contributed by atoms with Crippen molar-refractivity contribution in [3.05, 3.63) is 34.6 Å². The molecule has 126 valence electrons. The molecular weight excluding hydrogens is 384 g/mol. The van der Waals surface area contributed by atoms with E-state index >= 15 is 0 Å². The molecule has 0 aliphatic rings. The average molecular weight is 404 g/mol. The van der Waals surface area contributed by atoms with E-state index in [9.17, 15) is 8.78 Å². The van der Waals surface area contributed by atoms with Gasteiger partial charge in [-0.25, -0.2) is 18.4 Å². The highest BCUT2D eigenvalue weighted by Crippen LogP contribution is 2.27. The SMILES string of the molecule is C[Si](C)(C)CCOCn1cc(Br)c(-c2cccc(C(F)F)n2)n1. The van der Waals surface area contributed by atoms with Gasteiger partial charge in [0, 0.05) is 20.9 Å². The highest BCUT2D eigenvalue weighted by atomic mass is 79.9. The number of halogens is 3. The molecule has 0 fully saturated rings. The summed E-state index contributed by atoms with van der Waals surface area (Å²) < 4.78 is 33.5. The first kappa shape index (κ1) is 18.2. The lowest BCUT2D eigenvalue weighted by Gasteiger charge is -2.15. The maximum Gasteiger partial charge on any atom is 0.280 e. The van der Waals surface area contributed by atoms with E-state index < -0.39 is 14.5 Å². The van der Waals surface area contributed by atoms with Crippen molar-refractivity contribution in [2.45, 2.75) is 38.8 Å². The van der Waals surface area contributed by atoms with Gasteiger partial charge < -0.3 is 4.74 Å². The second-order valence-electron chi connectivity index (χ2n) is 6.46. The smallest absolute Gasteiger partial charge is 0.280 e. The van der Waals surface area contributed by atoms with Crippen molar-refractivity contribution in [3.63, 3.8) is 0 Å². The quantitative estimate of drug-likeness (QED) is 0.484. The van der Waals surface area contributed by atoms with Crippen molar-refractivity contribution >= 4 is 24.0 Å². The van der Waals surface area contributed by atoms with Crippen molar-refractivity contribution < 1.29 is 13.5 Å². The molecule has 0 bridgehead atoms. The van der Waals surface area contributed by atoms with Crippen molar-refractivity contribution in [1.82, 2.24) is 14.8 Å². The monoisotopic (exact) mass is 403 g/mol. The summed E-state index contributed by atoms with van der Waals surface area (Å²) in [6.45, 7) is 7.90. The largest absolute Gasteiger partial charge is 0.360 e. The Hall–Kier alpha value is -1.12. The fourth-order valence-corrected chi connectivity index (χ4v) is 3.15. The van der Waals surface area contributed by atoms with Crippen LogP contribution in [0.2, 0.25) is 25.7 Å². The van der Waals surface area contributed by atoms with Crippen LogP contribution in [0, 0.1) is 0 Å². The van der Waals surface area contributed by atoms with Gasteiger partial charge in [-0.15, -0.1) is 0 Å². The van der Waals surface area contributed by atoms with E-state index in [1.54, 1.807) is 23.0 Å². The molecule has 0 atom stereocenters. The van der Waals surface area contributed by atoms with Crippen LogP contribution >= 0.6 is 15.9 Å². The van der Waals surface area contributed by atoms with Gasteiger partial charge in [0.15, 0.2) is 0 Å². The highest BCUT2D eigenvalue weighted by Gasteiger charge is 2.15. The number of rotatable bonds is 7. The molecule has 8 heteroatoms. The van der Waals surface area contributed by atoms with E-state index in [0.717, 1.165) is 6.04 Å². The summed E-state index contributed by atoms with van der Waals surface area (Å²) in [6, 6.07) is 5.61. The summed E-state index contributed by atoms with van der Waals surface area (Å²) in [4.78, 5) is 3.95. The van der Waals surface area contributed by atoms with Crippen molar-refractivity contribution in [3.8, 4) is 11.4 Å². The number of aromatic nitrogens is 3. The Morgan fingerprint density at radius 1 is 1.30 bits per heavy atom. The van der Waals surface area contributed by atoms with Crippen LogP contribution in [0.5, 0.6) is 0 Å². The number of ether oxygens (including phenoxy) is 1. The predicted octanol–water partition coefficient (Wildman–Crippen LogP) is 4.96. The number of nitrogens with zero attached hydrogens (tertiary/aromatic N) is 3. The first-order valence-corrected chi connectivity index (χ1v) is 11.8. The Bertz CT molecular complexity index is 658. The number of hydrogen-bond donors (Lipinski definition) is 0. The normalized spacial score (nSPS) is 12.1. The molecule has 0 radical (unpaired) electrons. The minimum atomic E-state index is -2.60. The Labute approximate surface area is 144 Å². The molecule has 0 amide bonds. The predicted molar refractivity (Wildman–Crippen MR) is 92.2 cm³/mol. The summed E-state index contributed by atoms with van der Waals surface area (Å²) in [5.74, 6) is 0. The maximum atomic E-state index is 12.8. The van der Waals surface area contributed by atoms with Crippen LogP contribution in [0.1, 0.15) is 12.1 Å². The highest BCUT2D eigenvalue weighted by molar-refractivity contribution is 9.10. The van der Waals surface area contributed by atoms with Gasteiger partial charge in [-0.2, -0.15) is 5.10 Å². The topological polar surface area (TPSA) is 39.9 Å². The molecule has 0 unspecified atom stereocenters. The summed E-state index contributed by atoms with van der Waals surface area (Å²) in [7, 11) is -1.12. The van der Waals surface area contributed by atoms with Gasteiger partial charge in [-0.3, -0.25) is 0 Å². The summed E-state index contributed by atoms with van der Waals surface area (Å²) in [6.07, 6.45) is -0.832. The van der Waals surface area contributed by atoms with Crippen LogP contribution in [0.4, 0.5) is 8.78 Å². The molecule has 2 heterocycles. The van der Waals surface area contributed by atoms with Crippen LogP contribution < -0.4 is 0 Å². The van der Waals surface area contributed by atoms with Gasteiger partial charge in [0.1, 0.15) is 18.1 Å². The van der Waals surface area contributed by atoms with Gasteiger partial charge >= 0.3 is 0 Å². The third-order valence-electron chi connectivity index (χ3n) is 3.17. The van der Waals surface area contributed by atoms with Crippen molar-refractivity contribution in [2.75, 3.05) is 6.61 Å². The minimum Gasteiger partial charge on any atom is -0.360 e. The Balaban J connectivity index is 2.05. The van der Waals surface area contributed by atoms with E-state index in [1.807, 2.05) is 0 Å².